The SMILES string of the molecule is Nc1nc2c(-c3ccccc3)ccc(N)n2n1. The third kappa shape index (κ3) is 1.48. The molecule has 5 nitrogen and oxygen atoms in total. The number of benzene rings is 1. The van der Waals surface area contributed by atoms with E-state index < -0.39 is 0 Å². The van der Waals surface area contributed by atoms with Gasteiger partial charge in [-0.2, -0.15) is 9.50 Å². The van der Waals surface area contributed by atoms with Crippen LogP contribution in [0.15, 0.2) is 42.5 Å². The summed E-state index contributed by atoms with van der Waals surface area (Å²) in [4.78, 5) is 4.20. The molecule has 0 saturated carbocycles. The van der Waals surface area contributed by atoms with Crippen molar-refractivity contribution in [2.75, 3.05) is 11.5 Å². The van der Waals surface area contributed by atoms with Gasteiger partial charge in [0.25, 0.3) is 0 Å². The Labute approximate surface area is 97.7 Å². The van der Waals surface area contributed by atoms with E-state index in [0.717, 1.165) is 11.1 Å². The van der Waals surface area contributed by atoms with Crippen LogP contribution in [-0.4, -0.2) is 14.6 Å². The number of nitrogens with two attached hydrogens (primary N) is 2. The fraction of sp³-hybridized carbons (Fsp3) is 0. The van der Waals surface area contributed by atoms with Crippen LogP contribution in [0.2, 0.25) is 0 Å². The Morgan fingerprint density at radius 2 is 1.71 bits per heavy atom. The molecule has 2 aromatic heterocycles. The first-order valence-corrected chi connectivity index (χ1v) is 5.22. The normalized spacial score (nSPS) is 10.8. The minimum absolute atomic E-state index is 0.222. The highest BCUT2D eigenvalue weighted by atomic mass is 15.3. The van der Waals surface area contributed by atoms with Gasteiger partial charge in [0.1, 0.15) is 5.82 Å². The van der Waals surface area contributed by atoms with Gasteiger partial charge in [-0.25, -0.2) is 0 Å². The van der Waals surface area contributed by atoms with Crippen LogP contribution in [0.25, 0.3) is 16.8 Å². The number of hydrogen-bond acceptors (Lipinski definition) is 4. The molecule has 3 rings (SSSR count). The highest BCUT2D eigenvalue weighted by Gasteiger charge is 2.09. The van der Waals surface area contributed by atoms with Crippen LogP contribution < -0.4 is 11.5 Å². The van der Waals surface area contributed by atoms with Crippen molar-refractivity contribution in [2.24, 2.45) is 0 Å². The first kappa shape index (κ1) is 9.65. The molecule has 5 heteroatoms. The van der Waals surface area contributed by atoms with Crippen molar-refractivity contribution in [1.29, 1.82) is 0 Å². The lowest BCUT2D eigenvalue weighted by molar-refractivity contribution is 0.981. The van der Waals surface area contributed by atoms with E-state index in [1.165, 1.54) is 0 Å². The van der Waals surface area contributed by atoms with Gasteiger partial charge in [0, 0.05) is 5.56 Å². The molecule has 0 atom stereocenters. The Kier molecular flexibility index (Phi) is 1.98. The molecule has 0 saturated heterocycles. The summed E-state index contributed by atoms with van der Waals surface area (Å²) in [5.74, 6) is 0.740. The lowest BCUT2D eigenvalue weighted by atomic mass is 10.1. The number of nitrogens with zero attached hydrogens (tertiary/aromatic N) is 3. The minimum atomic E-state index is 0.222. The van der Waals surface area contributed by atoms with E-state index in [1.807, 2.05) is 36.4 Å². The molecule has 0 aliphatic rings. The molecule has 4 N–H and O–H groups in total. The van der Waals surface area contributed by atoms with Gasteiger partial charge in [-0.15, -0.1) is 5.10 Å². The maximum Gasteiger partial charge on any atom is 0.240 e. The van der Waals surface area contributed by atoms with Gasteiger partial charge in [-0.3, -0.25) is 0 Å². The number of nitrogen functional groups attached to an aromatic ring is 2. The zero-order valence-electron chi connectivity index (χ0n) is 9.04. The second-order valence-corrected chi connectivity index (χ2v) is 3.74. The van der Waals surface area contributed by atoms with Gasteiger partial charge < -0.3 is 11.5 Å². The summed E-state index contributed by atoms with van der Waals surface area (Å²) in [5, 5.41) is 4.06. The smallest absolute Gasteiger partial charge is 0.240 e. The van der Waals surface area contributed by atoms with Crippen LogP contribution in [-0.2, 0) is 0 Å². The molecule has 0 aliphatic heterocycles. The van der Waals surface area contributed by atoms with Gasteiger partial charge in [0.05, 0.1) is 0 Å². The van der Waals surface area contributed by atoms with Gasteiger partial charge in [-0.05, 0) is 17.7 Å². The van der Waals surface area contributed by atoms with Crippen LogP contribution in [0.5, 0.6) is 0 Å². The topological polar surface area (TPSA) is 82.2 Å². The van der Waals surface area contributed by atoms with Crippen LogP contribution in [0.3, 0.4) is 0 Å². The molecule has 3 aromatic rings. The van der Waals surface area contributed by atoms with Crippen molar-refractivity contribution in [3.05, 3.63) is 42.5 Å². The van der Waals surface area contributed by atoms with E-state index in [2.05, 4.69) is 10.1 Å². The Balaban J connectivity index is 2.34. The fourth-order valence-corrected chi connectivity index (χ4v) is 1.84. The zero-order valence-corrected chi connectivity index (χ0v) is 9.04. The number of aromatic nitrogens is 3. The summed E-state index contributed by atoms with van der Waals surface area (Å²) in [7, 11) is 0. The van der Waals surface area contributed by atoms with E-state index in [0.29, 0.717) is 11.5 Å². The average molecular weight is 225 g/mol. The van der Waals surface area contributed by atoms with Gasteiger partial charge in [-0.1, -0.05) is 30.3 Å². The molecule has 0 unspecified atom stereocenters. The Bertz CT molecular complexity index is 672. The Morgan fingerprint density at radius 3 is 2.47 bits per heavy atom. The first-order valence-electron chi connectivity index (χ1n) is 5.22. The number of fused-ring (bicyclic) bond motifs is 1. The Hall–Kier alpha value is -2.56. The molecule has 0 amide bonds. The molecule has 0 fully saturated rings. The van der Waals surface area contributed by atoms with Crippen LogP contribution in [0.1, 0.15) is 0 Å². The van der Waals surface area contributed by atoms with Crippen molar-refractivity contribution in [3.8, 4) is 11.1 Å². The quantitative estimate of drug-likeness (QED) is 0.658. The van der Waals surface area contributed by atoms with E-state index in [9.17, 15) is 0 Å². The molecule has 84 valence electrons. The van der Waals surface area contributed by atoms with Crippen LogP contribution in [0, 0.1) is 0 Å². The maximum atomic E-state index is 5.82. The fourth-order valence-electron chi connectivity index (χ4n) is 1.84. The monoisotopic (exact) mass is 225 g/mol. The summed E-state index contributed by atoms with van der Waals surface area (Å²) >= 11 is 0. The predicted molar refractivity (Wildman–Crippen MR) is 67.2 cm³/mol. The minimum Gasteiger partial charge on any atom is -0.384 e. The van der Waals surface area contributed by atoms with Gasteiger partial charge in [0.2, 0.25) is 5.95 Å². The van der Waals surface area contributed by atoms with E-state index >= 15 is 0 Å². The molecule has 0 bridgehead atoms. The average Bonchev–Trinajstić information content (AvgIpc) is 2.73. The highest BCUT2D eigenvalue weighted by Crippen LogP contribution is 2.25. The molecule has 0 aliphatic carbocycles. The third-order valence-electron chi connectivity index (χ3n) is 2.61. The largest absolute Gasteiger partial charge is 0.384 e. The van der Waals surface area contributed by atoms with Gasteiger partial charge >= 0.3 is 0 Å². The molecular weight excluding hydrogens is 214 g/mol. The molecular formula is C12H11N5. The number of hydrogen-bond donors (Lipinski definition) is 2. The molecule has 0 spiro atoms. The number of anilines is 2. The maximum absolute atomic E-state index is 5.82. The van der Waals surface area contributed by atoms with Gasteiger partial charge in [0.15, 0.2) is 5.65 Å². The summed E-state index contributed by atoms with van der Waals surface area (Å²) < 4.78 is 1.55. The molecule has 1 aromatic carbocycles. The van der Waals surface area contributed by atoms with Crippen molar-refractivity contribution < 1.29 is 0 Å². The number of pyridine rings is 1. The summed E-state index contributed by atoms with van der Waals surface area (Å²) in [6.07, 6.45) is 0. The van der Waals surface area contributed by atoms with Crippen molar-refractivity contribution in [1.82, 2.24) is 14.6 Å². The molecule has 17 heavy (non-hydrogen) atoms. The summed E-state index contributed by atoms with van der Waals surface area (Å²) in [5.41, 5.74) is 14.1. The second kappa shape index (κ2) is 3.48. The highest BCUT2D eigenvalue weighted by molar-refractivity contribution is 5.79. The van der Waals surface area contributed by atoms with Crippen LogP contribution in [0.4, 0.5) is 11.8 Å². The Morgan fingerprint density at radius 1 is 0.941 bits per heavy atom. The predicted octanol–water partition coefficient (Wildman–Crippen LogP) is 1.56. The number of rotatable bonds is 1. The van der Waals surface area contributed by atoms with Crippen LogP contribution >= 0.6 is 0 Å². The van der Waals surface area contributed by atoms with Crippen molar-refractivity contribution in [3.63, 3.8) is 0 Å². The lowest BCUT2D eigenvalue weighted by Gasteiger charge is -2.04. The molecule has 2 heterocycles. The zero-order chi connectivity index (χ0) is 11.8. The van der Waals surface area contributed by atoms with E-state index in [-0.39, 0.29) is 5.95 Å². The molecule has 0 radical (unpaired) electrons. The summed E-state index contributed by atoms with van der Waals surface area (Å²) in [6, 6.07) is 13.7. The first-order chi connectivity index (χ1) is 8.25. The van der Waals surface area contributed by atoms with E-state index in [1.54, 1.807) is 10.6 Å². The van der Waals surface area contributed by atoms with Crippen molar-refractivity contribution >= 4 is 17.4 Å². The van der Waals surface area contributed by atoms with Crippen molar-refractivity contribution in [2.45, 2.75) is 0 Å². The standard InChI is InChI=1S/C12H11N5/c13-10-7-6-9(8-4-2-1-3-5-8)11-15-12(14)16-17(10)11/h1-7H,13H2,(H2,14,16). The second-order valence-electron chi connectivity index (χ2n) is 3.74. The third-order valence-corrected chi connectivity index (χ3v) is 2.61. The summed E-state index contributed by atoms with van der Waals surface area (Å²) in [6.45, 7) is 0. The van der Waals surface area contributed by atoms with E-state index in [4.69, 9.17) is 11.5 Å². The lowest BCUT2D eigenvalue weighted by Crippen LogP contribution is -1.99.